The molecule has 1 N–H and O–H groups in total. The molecule has 0 aromatic carbocycles. The maximum Gasteiger partial charge on any atom is 0.310 e. The molecule has 0 spiro atoms. The first-order chi connectivity index (χ1) is 8.45. The van der Waals surface area contributed by atoms with Crippen molar-refractivity contribution in [3.05, 3.63) is 24.2 Å². The number of aromatic nitrogens is 4. The van der Waals surface area contributed by atoms with Crippen LogP contribution in [0.3, 0.4) is 0 Å². The third-order valence-electron chi connectivity index (χ3n) is 3.53. The lowest BCUT2D eigenvalue weighted by atomic mass is 9.76. The van der Waals surface area contributed by atoms with Gasteiger partial charge in [-0.05, 0) is 25.0 Å². The summed E-state index contributed by atoms with van der Waals surface area (Å²) in [6, 6.07) is 3.56. The maximum absolute atomic E-state index is 11.4. The number of hydrogen-bond donors (Lipinski definition) is 1. The van der Waals surface area contributed by atoms with Crippen molar-refractivity contribution in [3.63, 3.8) is 0 Å². The molecule has 0 saturated carbocycles. The molecule has 0 aliphatic heterocycles. The zero-order valence-corrected chi connectivity index (χ0v) is 10.7. The van der Waals surface area contributed by atoms with E-state index in [1.54, 1.807) is 29.8 Å². The summed E-state index contributed by atoms with van der Waals surface area (Å²) in [5, 5.41) is 21.5. The Morgan fingerprint density at radius 1 is 1.50 bits per heavy atom. The molecule has 0 radical (unpaired) electrons. The Morgan fingerprint density at radius 3 is 2.83 bits per heavy atom. The van der Waals surface area contributed by atoms with Crippen molar-refractivity contribution in [1.82, 2.24) is 19.8 Å². The number of aliphatic carboxylic acids is 1. The molecule has 0 bridgehead atoms. The summed E-state index contributed by atoms with van der Waals surface area (Å²) < 4.78 is 1.59. The average molecular weight is 248 g/mol. The Bertz CT molecular complexity index is 578. The number of hydrogen-bond acceptors (Lipinski definition) is 4. The summed E-state index contributed by atoms with van der Waals surface area (Å²) in [6.45, 7) is 5.51. The van der Waals surface area contributed by atoms with E-state index in [0.717, 1.165) is 0 Å². The molecule has 0 saturated heterocycles. The van der Waals surface area contributed by atoms with Crippen LogP contribution in [0.2, 0.25) is 0 Å². The summed E-state index contributed by atoms with van der Waals surface area (Å²) in [5.74, 6) is -0.263. The third kappa shape index (κ3) is 1.94. The topological polar surface area (TPSA) is 80.4 Å². The molecule has 0 fully saturated rings. The summed E-state index contributed by atoms with van der Waals surface area (Å²) in [5.41, 5.74) is -0.246. The van der Waals surface area contributed by atoms with Crippen LogP contribution in [-0.2, 0) is 11.2 Å². The molecular weight excluding hydrogens is 232 g/mol. The first kappa shape index (κ1) is 12.5. The second-order valence-corrected chi connectivity index (χ2v) is 4.96. The van der Waals surface area contributed by atoms with E-state index in [2.05, 4.69) is 15.3 Å². The predicted octanol–water partition coefficient (Wildman–Crippen LogP) is 1.41. The lowest BCUT2D eigenvalue weighted by Crippen LogP contribution is -2.36. The van der Waals surface area contributed by atoms with Crippen LogP contribution in [0.1, 0.15) is 26.6 Å². The summed E-state index contributed by atoms with van der Waals surface area (Å²) in [6.07, 6.45) is 1.94. The average Bonchev–Trinajstić information content (AvgIpc) is 2.72. The molecule has 18 heavy (non-hydrogen) atoms. The van der Waals surface area contributed by atoms with Gasteiger partial charge >= 0.3 is 5.97 Å². The van der Waals surface area contributed by atoms with Crippen LogP contribution in [0.4, 0.5) is 0 Å². The number of nitrogens with zero attached hydrogens (tertiary/aromatic N) is 4. The second kappa shape index (κ2) is 4.36. The van der Waals surface area contributed by atoms with Crippen LogP contribution in [0.5, 0.6) is 0 Å². The maximum atomic E-state index is 11.4. The Balaban J connectivity index is 2.41. The van der Waals surface area contributed by atoms with E-state index in [9.17, 15) is 9.90 Å². The highest BCUT2D eigenvalue weighted by atomic mass is 16.4. The van der Waals surface area contributed by atoms with Gasteiger partial charge in [-0.3, -0.25) is 4.79 Å². The second-order valence-electron chi connectivity index (χ2n) is 4.96. The highest BCUT2D eigenvalue weighted by molar-refractivity contribution is 5.74. The predicted molar refractivity (Wildman–Crippen MR) is 65.1 cm³/mol. The number of rotatable bonds is 4. The Morgan fingerprint density at radius 2 is 2.22 bits per heavy atom. The summed E-state index contributed by atoms with van der Waals surface area (Å²) in [4.78, 5) is 11.4. The van der Waals surface area contributed by atoms with Gasteiger partial charge in [0.05, 0.1) is 5.41 Å². The van der Waals surface area contributed by atoms with Gasteiger partial charge in [0, 0.05) is 12.6 Å². The first-order valence-electron chi connectivity index (χ1n) is 5.84. The quantitative estimate of drug-likeness (QED) is 0.884. The first-order valence-corrected chi connectivity index (χ1v) is 5.84. The minimum absolute atomic E-state index is 0.00828. The SMILES string of the molecule is CC(C)C(C)(Cc1nnc2cccnn12)C(=O)O. The van der Waals surface area contributed by atoms with Crippen molar-refractivity contribution in [3.8, 4) is 0 Å². The van der Waals surface area contributed by atoms with E-state index in [1.165, 1.54) is 0 Å². The lowest BCUT2D eigenvalue weighted by Gasteiger charge is -2.27. The van der Waals surface area contributed by atoms with Crippen molar-refractivity contribution < 1.29 is 9.90 Å². The minimum Gasteiger partial charge on any atom is -0.481 e. The molecule has 1 atom stereocenters. The molecule has 2 aromatic rings. The molecule has 1 unspecified atom stereocenters. The number of fused-ring (bicyclic) bond motifs is 1. The van der Waals surface area contributed by atoms with Gasteiger partial charge in [-0.2, -0.15) is 9.61 Å². The monoisotopic (exact) mass is 248 g/mol. The van der Waals surface area contributed by atoms with Crippen molar-refractivity contribution in [1.29, 1.82) is 0 Å². The van der Waals surface area contributed by atoms with Gasteiger partial charge in [-0.15, -0.1) is 10.2 Å². The van der Waals surface area contributed by atoms with Gasteiger partial charge in [0.25, 0.3) is 0 Å². The van der Waals surface area contributed by atoms with E-state index < -0.39 is 11.4 Å². The normalized spacial score (nSPS) is 14.9. The van der Waals surface area contributed by atoms with Crippen LogP contribution in [-0.4, -0.2) is 30.9 Å². The van der Waals surface area contributed by atoms with Gasteiger partial charge in [0.15, 0.2) is 11.5 Å². The summed E-state index contributed by atoms with van der Waals surface area (Å²) >= 11 is 0. The Hall–Kier alpha value is -1.98. The fourth-order valence-corrected chi connectivity index (χ4v) is 1.76. The number of carbonyl (C=O) groups is 1. The number of carboxylic acid groups (broad SMARTS) is 1. The van der Waals surface area contributed by atoms with Crippen LogP contribution in [0.15, 0.2) is 18.3 Å². The van der Waals surface area contributed by atoms with Crippen molar-refractivity contribution in [2.75, 3.05) is 0 Å². The zero-order chi connectivity index (χ0) is 13.3. The van der Waals surface area contributed by atoms with Crippen LogP contribution < -0.4 is 0 Å². The van der Waals surface area contributed by atoms with Gasteiger partial charge in [-0.25, -0.2) is 0 Å². The fourth-order valence-electron chi connectivity index (χ4n) is 1.76. The molecule has 0 aliphatic rings. The smallest absolute Gasteiger partial charge is 0.310 e. The molecule has 6 heteroatoms. The Kier molecular flexibility index (Phi) is 3.02. The van der Waals surface area contributed by atoms with E-state index in [1.807, 2.05) is 13.8 Å². The van der Waals surface area contributed by atoms with Crippen molar-refractivity contribution in [2.24, 2.45) is 11.3 Å². The van der Waals surface area contributed by atoms with Crippen LogP contribution >= 0.6 is 0 Å². The molecule has 0 aliphatic carbocycles. The largest absolute Gasteiger partial charge is 0.481 e. The highest BCUT2D eigenvalue weighted by Gasteiger charge is 2.38. The van der Waals surface area contributed by atoms with E-state index >= 15 is 0 Å². The van der Waals surface area contributed by atoms with Gasteiger partial charge in [0.1, 0.15) is 0 Å². The fraction of sp³-hybridized carbons (Fsp3) is 0.500. The summed E-state index contributed by atoms with van der Waals surface area (Å²) in [7, 11) is 0. The third-order valence-corrected chi connectivity index (χ3v) is 3.53. The molecule has 6 nitrogen and oxygen atoms in total. The molecule has 2 heterocycles. The van der Waals surface area contributed by atoms with Gasteiger partial charge in [-0.1, -0.05) is 13.8 Å². The minimum atomic E-state index is -0.875. The molecule has 0 amide bonds. The standard InChI is InChI=1S/C12H16N4O2/c1-8(2)12(3,11(17)18)7-10-15-14-9-5-4-6-13-16(9)10/h4-6,8H,7H2,1-3H3,(H,17,18). The van der Waals surface area contributed by atoms with Crippen molar-refractivity contribution in [2.45, 2.75) is 27.2 Å². The van der Waals surface area contributed by atoms with E-state index in [4.69, 9.17) is 0 Å². The van der Waals surface area contributed by atoms with Gasteiger partial charge in [0.2, 0.25) is 0 Å². The van der Waals surface area contributed by atoms with Gasteiger partial charge < -0.3 is 5.11 Å². The highest BCUT2D eigenvalue weighted by Crippen LogP contribution is 2.31. The van der Waals surface area contributed by atoms with E-state index in [-0.39, 0.29) is 5.92 Å². The van der Waals surface area contributed by atoms with Crippen LogP contribution in [0, 0.1) is 11.3 Å². The van der Waals surface area contributed by atoms with Crippen LogP contribution in [0.25, 0.3) is 5.65 Å². The molecule has 2 rings (SSSR count). The molecular formula is C12H16N4O2. The van der Waals surface area contributed by atoms with Crippen molar-refractivity contribution >= 4 is 11.6 Å². The lowest BCUT2D eigenvalue weighted by molar-refractivity contribution is -0.150. The zero-order valence-electron chi connectivity index (χ0n) is 10.7. The molecule has 2 aromatic heterocycles. The van der Waals surface area contributed by atoms with E-state index in [0.29, 0.717) is 17.9 Å². The Labute approximate surface area is 105 Å². The molecule has 96 valence electrons. The number of carboxylic acids is 1.